The minimum absolute atomic E-state index is 0.159. The highest BCUT2D eigenvalue weighted by molar-refractivity contribution is 5.82. The van der Waals surface area contributed by atoms with Crippen LogP contribution in [0, 0.1) is 0 Å². The molecule has 1 N–H and O–H groups in total. The van der Waals surface area contributed by atoms with Crippen LogP contribution in [0.4, 0.5) is 13.2 Å². The van der Waals surface area contributed by atoms with E-state index in [1.54, 1.807) is 18.2 Å². The van der Waals surface area contributed by atoms with Crippen LogP contribution in [0.3, 0.4) is 0 Å². The number of aliphatic carboxylic acids is 1. The number of amides is 1. The molecule has 0 aliphatic rings. The van der Waals surface area contributed by atoms with Gasteiger partial charge in [-0.05, 0) is 17.7 Å². The topological polar surface area (TPSA) is 85.3 Å². The van der Waals surface area contributed by atoms with Gasteiger partial charge in [0, 0.05) is 12.6 Å². The van der Waals surface area contributed by atoms with Crippen LogP contribution in [-0.2, 0) is 20.9 Å². The van der Waals surface area contributed by atoms with E-state index in [2.05, 4.69) is 4.74 Å². The molecule has 0 atom stereocenters. The van der Waals surface area contributed by atoms with Crippen molar-refractivity contribution in [1.82, 2.24) is 4.90 Å². The highest BCUT2D eigenvalue weighted by Gasteiger charge is 2.28. The van der Waals surface area contributed by atoms with E-state index in [-0.39, 0.29) is 6.54 Å². The quantitative estimate of drug-likeness (QED) is 0.717. The highest BCUT2D eigenvalue weighted by Crippen LogP contribution is 2.23. The zero-order chi connectivity index (χ0) is 19.0. The predicted octanol–water partition coefficient (Wildman–Crippen LogP) is 1.70. The summed E-state index contributed by atoms with van der Waals surface area (Å²) in [7, 11) is 2.84. The van der Waals surface area contributed by atoms with Crippen LogP contribution >= 0.6 is 0 Å². The largest absolute Gasteiger partial charge is 0.497 e. The minimum Gasteiger partial charge on any atom is -0.497 e. The average molecular weight is 365 g/mol. The molecule has 0 bridgehead atoms. The van der Waals surface area contributed by atoms with Crippen molar-refractivity contribution >= 4 is 11.9 Å². The summed E-state index contributed by atoms with van der Waals surface area (Å²) in [6.07, 6.45) is -4.57. The molecule has 1 amide bonds. The molecule has 0 saturated carbocycles. The van der Waals surface area contributed by atoms with Gasteiger partial charge in [0.1, 0.15) is 31.3 Å². The van der Waals surface area contributed by atoms with Crippen LogP contribution in [0.2, 0.25) is 0 Å². The Morgan fingerprint density at radius 3 is 2.12 bits per heavy atom. The lowest BCUT2D eigenvalue weighted by atomic mass is 10.2. The lowest BCUT2D eigenvalue weighted by Gasteiger charge is -2.21. The lowest BCUT2D eigenvalue weighted by Crippen LogP contribution is -2.38. The number of carbonyl (C=O) groups excluding carboxylic acids is 1. The fourth-order valence-electron chi connectivity index (χ4n) is 1.92. The molecule has 1 rings (SSSR count). The molecule has 0 aliphatic carbocycles. The summed E-state index contributed by atoms with van der Waals surface area (Å²) >= 11 is 0. The first-order valence-corrected chi connectivity index (χ1v) is 7.00. The summed E-state index contributed by atoms with van der Waals surface area (Å²) in [6, 6.07) is 4.70. The molecule has 10 heteroatoms. The monoisotopic (exact) mass is 365 g/mol. The Morgan fingerprint density at radius 2 is 1.68 bits per heavy atom. The number of carboxylic acids is 1. The minimum atomic E-state index is -4.57. The normalized spacial score (nSPS) is 11.1. The van der Waals surface area contributed by atoms with Gasteiger partial charge in [0.15, 0.2) is 0 Å². The number of ether oxygens (including phenoxy) is 3. The van der Waals surface area contributed by atoms with Gasteiger partial charge in [-0.15, -0.1) is 0 Å². The second kappa shape index (κ2) is 9.11. The van der Waals surface area contributed by atoms with Crippen molar-refractivity contribution in [3.05, 3.63) is 23.8 Å². The van der Waals surface area contributed by atoms with Crippen molar-refractivity contribution in [2.75, 3.05) is 34.0 Å². The molecule has 1 aromatic rings. The summed E-state index contributed by atoms with van der Waals surface area (Å²) in [5.74, 6) is -1.34. The molecular weight excluding hydrogens is 347 g/mol. The summed E-state index contributed by atoms with van der Waals surface area (Å²) in [5.41, 5.74) is 0.488. The molecule has 0 fully saturated rings. The van der Waals surface area contributed by atoms with Crippen LogP contribution in [0.1, 0.15) is 5.56 Å². The second-order valence-electron chi connectivity index (χ2n) is 4.97. The zero-order valence-corrected chi connectivity index (χ0v) is 13.6. The number of rotatable bonds is 9. The van der Waals surface area contributed by atoms with Crippen LogP contribution in [-0.4, -0.2) is 62.0 Å². The van der Waals surface area contributed by atoms with Gasteiger partial charge in [-0.3, -0.25) is 9.59 Å². The molecule has 0 aromatic heterocycles. The Labute approximate surface area is 141 Å². The Kier molecular flexibility index (Phi) is 7.49. The van der Waals surface area contributed by atoms with Gasteiger partial charge in [-0.25, -0.2) is 0 Å². The molecule has 1 aromatic carbocycles. The molecule has 7 nitrogen and oxygen atoms in total. The molecule has 0 aliphatic heterocycles. The Hall–Kier alpha value is -2.49. The Balaban J connectivity index is 2.85. The summed E-state index contributed by atoms with van der Waals surface area (Å²) in [4.78, 5) is 23.8. The number of halogens is 3. The second-order valence-corrected chi connectivity index (χ2v) is 4.97. The van der Waals surface area contributed by atoms with Crippen molar-refractivity contribution in [3.8, 4) is 11.5 Å². The first kappa shape index (κ1) is 20.6. The third-order valence-electron chi connectivity index (χ3n) is 2.95. The van der Waals surface area contributed by atoms with Gasteiger partial charge in [0.25, 0.3) is 0 Å². The number of benzene rings is 1. The van der Waals surface area contributed by atoms with Gasteiger partial charge >= 0.3 is 12.1 Å². The van der Waals surface area contributed by atoms with Gasteiger partial charge in [-0.1, -0.05) is 0 Å². The van der Waals surface area contributed by atoms with Crippen LogP contribution in [0.25, 0.3) is 0 Å². The van der Waals surface area contributed by atoms with E-state index in [1.807, 2.05) is 0 Å². The van der Waals surface area contributed by atoms with E-state index in [9.17, 15) is 22.8 Å². The number of hydrogen-bond acceptors (Lipinski definition) is 5. The van der Waals surface area contributed by atoms with Gasteiger partial charge in [0.2, 0.25) is 5.91 Å². The molecule has 0 heterocycles. The zero-order valence-electron chi connectivity index (χ0n) is 13.6. The third kappa shape index (κ3) is 7.75. The molecular formula is C15H18F3NO6. The van der Waals surface area contributed by atoms with E-state index in [0.29, 0.717) is 17.1 Å². The van der Waals surface area contributed by atoms with Gasteiger partial charge in [0.05, 0.1) is 14.2 Å². The number of carbonyl (C=O) groups is 2. The third-order valence-corrected chi connectivity index (χ3v) is 2.95. The number of nitrogens with zero attached hydrogens (tertiary/aromatic N) is 1. The number of alkyl halides is 3. The van der Waals surface area contributed by atoms with Crippen LogP contribution < -0.4 is 9.47 Å². The maximum Gasteiger partial charge on any atom is 0.411 e. The van der Waals surface area contributed by atoms with Gasteiger partial charge < -0.3 is 24.2 Å². The fourth-order valence-corrected chi connectivity index (χ4v) is 1.92. The average Bonchev–Trinajstić information content (AvgIpc) is 2.52. The van der Waals surface area contributed by atoms with Crippen molar-refractivity contribution < 1.29 is 42.1 Å². The first-order chi connectivity index (χ1) is 11.6. The molecule has 0 unspecified atom stereocenters. The number of hydrogen-bond donors (Lipinski definition) is 1. The lowest BCUT2D eigenvalue weighted by molar-refractivity contribution is -0.178. The predicted molar refractivity (Wildman–Crippen MR) is 79.5 cm³/mol. The Bertz CT molecular complexity index is 583. The summed E-state index contributed by atoms with van der Waals surface area (Å²) < 4.78 is 50.6. The molecule has 25 heavy (non-hydrogen) atoms. The fraction of sp³-hybridized carbons (Fsp3) is 0.467. The summed E-state index contributed by atoms with van der Waals surface area (Å²) in [6.45, 7) is -3.32. The number of methoxy groups -OCH3 is 2. The molecule has 0 radical (unpaired) electrons. The van der Waals surface area contributed by atoms with E-state index < -0.39 is 37.8 Å². The van der Waals surface area contributed by atoms with Crippen molar-refractivity contribution in [1.29, 1.82) is 0 Å². The van der Waals surface area contributed by atoms with Crippen LogP contribution in [0.5, 0.6) is 11.5 Å². The van der Waals surface area contributed by atoms with Crippen molar-refractivity contribution in [3.63, 3.8) is 0 Å². The highest BCUT2D eigenvalue weighted by atomic mass is 19.4. The smallest absolute Gasteiger partial charge is 0.411 e. The van der Waals surface area contributed by atoms with Crippen molar-refractivity contribution in [2.24, 2.45) is 0 Å². The molecule has 140 valence electrons. The van der Waals surface area contributed by atoms with E-state index in [1.165, 1.54) is 14.2 Å². The van der Waals surface area contributed by atoms with Crippen molar-refractivity contribution in [2.45, 2.75) is 12.7 Å². The first-order valence-electron chi connectivity index (χ1n) is 7.00. The summed E-state index contributed by atoms with van der Waals surface area (Å²) in [5, 5.41) is 8.90. The van der Waals surface area contributed by atoms with Gasteiger partial charge in [-0.2, -0.15) is 13.2 Å². The van der Waals surface area contributed by atoms with Crippen LogP contribution in [0.15, 0.2) is 18.2 Å². The molecule has 0 spiro atoms. The van der Waals surface area contributed by atoms with E-state index >= 15 is 0 Å². The number of carboxylic acid groups (broad SMARTS) is 1. The SMILES string of the molecule is COc1cc(CN(CC(=O)O)C(=O)COCC(F)(F)F)cc(OC)c1. The Morgan fingerprint density at radius 1 is 1.12 bits per heavy atom. The van der Waals surface area contributed by atoms with E-state index in [0.717, 1.165) is 4.90 Å². The maximum atomic E-state index is 12.1. The maximum absolute atomic E-state index is 12.1. The van der Waals surface area contributed by atoms with E-state index in [4.69, 9.17) is 14.6 Å². The standard InChI is InChI=1S/C15H18F3NO6/c1-23-11-3-10(4-12(5-11)24-2)6-19(7-14(21)22)13(20)8-25-9-15(16,17)18/h3-5H,6-9H2,1-2H3,(H,21,22). The molecule has 0 saturated heterocycles.